The molecule has 0 aliphatic heterocycles. The first kappa shape index (κ1) is 21.8. The highest BCUT2D eigenvalue weighted by Crippen LogP contribution is 2.29. The summed E-state index contributed by atoms with van der Waals surface area (Å²) in [6, 6.07) is 0. The summed E-state index contributed by atoms with van der Waals surface area (Å²) < 4.78 is 0. The molecule has 138 valence electrons. The predicted molar refractivity (Wildman–Crippen MR) is 77.0 cm³/mol. The molecule has 0 heterocycles. The molecule has 0 rings (SSSR count). The first-order valence-electron chi connectivity index (χ1n) is 7.39. The fourth-order valence-corrected chi connectivity index (χ4v) is 2.35. The quantitative estimate of drug-likeness (QED) is 0.180. The number of aliphatic hydroxyl groups is 1. The van der Waals surface area contributed by atoms with Crippen LogP contribution in [0.1, 0.15) is 51.4 Å². The molecule has 2 unspecified atom stereocenters. The molecule has 24 heavy (non-hydrogen) atoms. The second kappa shape index (κ2) is 10.6. The molecule has 0 bridgehead atoms. The molecule has 0 saturated carbocycles. The van der Waals surface area contributed by atoms with Gasteiger partial charge in [0.05, 0.1) is 6.42 Å². The van der Waals surface area contributed by atoms with E-state index in [0.29, 0.717) is 25.7 Å². The fourth-order valence-electron chi connectivity index (χ4n) is 2.35. The van der Waals surface area contributed by atoms with Crippen molar-refractivity contribution in [2.75, 3.05) is 0 Å². The Labute approximate surface area is 137 Å². The van der Waals surface area contributed by atoms with E-state index in [4.69, 9.17) is 20.6 Å². The molecule has 0 fully saturated rings. The lowest BCUT2D eigenvalue weighted by Gasteiger charge is -2.28. The summed E-state index contributed by atoms with van der Waals surface area (Å²) in [5.41, 5.74) is -2.89. The van der Waals surface area contributed by atoms with E-state index in [2.05, 4.69) is 4.89 Å². The monoisotopic (exact) mass is 350 g/mol. The van der Waals surface area contributed by atoms with Crippen LogP contribution in [-0.2, 0) is 24.1 Å². The van der Waals surface area contributed by atoms with E-state index in [1.807, 2.05) is 0 Å². The van der Waals surface area contributed by atoms with Gasteiger partial charge in [-0.25, -0.2) is 9.59 Å². The molecular weight excluding hydrogens is 328 g/mol. The van der Waals surface area contributed by atoms with Crippen LogP contribution >= 0.6 is 0 Å². The highest BCUT2D eigenvalue weighted by Gasteiger charge is 2.50. The third-order valence-electron chi connectivity index (χ3n) is 3.63. The van der Waals surface area contributed by atoms with Gasteiger partial charge in [0.15, 0.2) is 5.60 Å². The number of carbonyl (C=O) groups is 4. The topological polar surface area (TPSA) is 179 Å². The van der Waals surface area contributed by atoms with Crippen molar-refractivity contribution in [2.24, 2.45) is 5.92 Å². The number of unbranched alkanes of at least 4 members (excludes halogenated alkanes) is 4. The minimum atomic E-state index is -2.89. The van der Waals surface area contributed by atoms with E-state index >= 15 is 0 Å². The van der Waals surface area contributed by atoms with Crippen LogP contribution < -0.4 is 0 Å². The number of carbonyl (C=O) groups excluding carboxylic acids is 1. The standard InChI is InChI=1S/C14H22O10/c15-10(16)7-5-3-1-2-4-6-9(12(19)24-23)14(22,13(20)21)8-11(17)18/h9,22-23H,1-8H2,(H,15,16)(H,17,18)(H,20,21). The minimum Gasteiger partial charge on any atom is -0.481 e. The summed E-state index contributed by atoms with van der Waals surface area (Å²) in [5.74, 6) is -7.59. The smallest absolute Gasteiger partial charge is 0.348 e. The highest BCUT2D eigenvalue weighted by atomic mass is 17.1. The molecule has 0 aliphatic carbocycles. The van der Waals surface area contributed by atoms with Gasteiger partial charge in [-0.15, -0.1) is 0 Å². The molecule has 0 aromatic rings. The van der Waals surface area contributed by atoms with Crippen molar-refractivity contribution >= 4 is 23.9 Å². The zero-order chi connectivity index (χ0) is 18.8. The summed E-state index contributed by atoms with van der Waals surface area (Å²) in [4.78, 5) is 47.3. The lowest BCUT2D eigenvalue weighted by Crippen LogP contribution is -2.51. The van der Waals surface area contributed by atoms with Crippen molar-refractivity contribution in [3.05, 3.63) is 0 Å². The summed E-state index contributed by atoms with van der Waals surface area (Å²) in [6.07, 6.45) is 1.12. The second-order valence-electron chi connectivity index (χ2n) is 5.46. The van der Waals surface area contributed by atoms with E-state index < -0.39 is 41.8 Å². The summed E-state index contributed by atoms with van der Waals surface area (Å²) >= 11 is 0. The first-order valence-corrected chi connectivity index (χ1v) is 7.39. The molecule has 2 atom stereocenters. The molecule has 0 aliphatic rings. The van der Waals surface area contributed by atoms with Crippen molar-refractivity contribution in [3.8, 4) is 0 Å². The largest absolute Gasteiger partial charge is 0.481 e. The zero-order valence-corrected chi connectivity index (χ0v) is 13.0. The summed E-state index contributed by atoms with van der Waals surface area (Å²) in [6.45, 7) is 0. The molecule has 10 heteroatoms. The van der Waals surface area contributed by atoms with Crippen molar-refractivity contribution in [3.63, 3.8) is 0 Å². The van der Waals surface area contributed by atoms with Crippen LogP contribution in [0, 0.1) is 5.92 Å². The van der Waals surface area contributed by atoms with Gasteiger partial charge in [-0.2, -0.15) is 5.26 Å². The van der Waals surface area contributed by atoms with Crippen LogP contribution in [0.25, 0.3) is 0 Å². The molecule has 0 amide bonds. The van der Waals surface area contributed by atoms with Crippen molar-refractivity contribution in [1.82, 2.24) is 0 Å². The fraction of sp³-hybridized carbons (Fsp3) is 0.714. The maximum absolute atomic E-state index is 11.5. The Morgan fingerprint density at radius 3 is 1.88 bits per heavy atom. The summed E-state index contributed by atoms with van der Waals surface area (Å²) in [7, 11) is 0. The Kier molecular flexibility index (Phi) is 9.58. The molecule has 0 aromatic carbocycles. The van der Waals surface area contributed by atoms with E-state index in [0.717, 1.165) is 0 Å². The maximum Gasteiger partial charge on any atom is 0.348 e. The van der Waals surface area contributed by atoms with Crippen LogP contribution in [0.15, 0.2) is 0 Å². The Balaban J connectivity index is 4.66. The van der Waals surface area contributed by atoms with Crippen LogP contribution in [0.5, 0.6) is 0 Å². The number of hydrogen-bond donors (Lipinski definition) is 5. The van der Waals surface area contributed by atoms with Crippen molar-refractivity contribution < 1.29 is 49.7 Å². The molecule has 0 saturated heterocycles. The molecular formula is C14H22O10. The van der Waals surface area contributed by atoms with Crippen LogP contribution in [0.3, 0.4) is 0 Å². The van der Waals surface area contributed by atoms with E-state index in [1.165, 1.54) is 0 Å². The predicted octanol–water partition coefficient (Wildman–Crippen LogP) is 0.725. The number of carboxylic acid groups (broad SMARTS) is 3. The van der Waals surface area contributed by atoms with Gasteiger partial charge in [-0.1, -0.05) is 25.7 Å². The minimum absolute atomic E-state index is 0.0385. The van der Waals surface area contributed by atoms with Gasteiger partial charge in [0.25, 0.3) is 0 Å². The van der Waals surface area contributed by atoms with Crippen molar-refractivity contribution in [1.29, 1.82) is 0 Å². The lowest BCUT2D eigenvalue weighted by atomic mass is 9.81. The number of rotatable bonds is 13. The normalized spacial score (nSPS) is 14.4. The Bertz CT molecular complexity index is 460. The SMILES string of the molecule is O=C(O)CCCCCCCC(C(=O)OO)C(O)(CC(=O)O)C(=O)O. The summed E-state index contributed by atoms with van der Waals surface area (Å²) in [5, 5.41) is 44.8. The second-order valence-corrected chi connectivity index (χ2v) is 5.46. The van der Waals surface area contributed by atoms with Gasteiger partial charge in [-0.3, -0.25) is 9.59 Å². The van der Waals surface area contributed by atoms with Gasteiger partial charge in [0.1, 0.15) is 5.92 Å². The molecule has 10 nitrogen and oxygen atoms in total. The van der Waals surface area contributed by atoms with Gasteiger partial charge in [0, 0.05) is 6.42 Å². The van der Waals surface area contributed by atoms with E-state index in [-0.39, 0.29) is 19.3 Å². The zero-order valence-electron chi connectivity index (χ0n) is 13.0. The van der Waals surface area contributed by atoms with Gasteiger partial charge in [-0.05, 0) is 12.8 Å². The Morgan fingerprint density at radius 1 is 0.875 bits per heavy atom. The molecule has 5 N–H and O–H groups in total. The number of hydrogen-bond acceptors (Lipinski definition) is 7. The average Bonchev–Trinajstić information content (AvgIpc) is 2.47. The van der Waals surface area contributed by atoms with Crippen molar-refractivity contribution in [2.45, 2.75) is 57.0 Å². The first-order chi connectivity index (χ1) is 11.1. The molecule has 0 aromatic heterocycles. The maximum atomic E-state index is 11.5. The highest BCUT2D eigenvalue weighted by molar-refractivity contribution is 5.90. The number of carboxylic acids is 3. The van der Waals surface area contributed by atoms with Gasteiger partial charge >= 0.3 is 23.9 Å². The van der Waals surface area contributed by atoms with Crippen LogP contribution in [-0.4, -0.2) is 55.2 Å². The van der Waals surface area contributed by atoms with Gasteiger partial charge in [0.2, 0.25) is 0 Å². The Morgan fingerprint density at radius 2 is 1.42 bits per heavy atom. The molecule has 0 radical (unpaired) electrons. The lowest BCUT2D eigenvalue weighted by molar-refractivity contribution is -0.246. The number of aliphatic carboxylic acids is 3. The van der Waals surface area contributed by atoms with Gasteiger partial charge < -0.3 is 25.3 Å². The third kappa shape index (κ3) is 7.38. The van der Waals surface area contributed by atoms with E-state index in [1.54, 1.807) is 0 Å². The Hall–Kier alpha value is -2.20. The van der Waals surface area contributed by atoms with Crippen LogP contribution in [0.2, 0.25) is 0 Å². The van der Waals surface area contributed by atoms with E-state index in [9.17, 15) is 24.3 Å². The average molecular weight is 350 g/mol. The molecule has 0 spiro atoms. The third-order valence-corrected chi connectivity index (χ3v) is 3.63. The van der Waals surface area contributed by atoms with Crippen LogP contribution in [0.4, 0.5) is 0 Å².